The summed E-state index contributed by atoms with van der Waals surface area (Å²) in [5, 5.41) is 19.7. The van der Waals surface area contributed by atoms with E-state index in [2.05, 4.69) is 20.5 Å². The van der Waals surface area contributed by atoms with Crippen molar-refractivity contribution in [3.63, 3.8) is 0 Å². The highest BCUT2D eigenvalue weighted by Gasteiger charge is 2.18. The van der Waals surface area contributed by atoms with E-state index in [1.54, 1.807) is 6.07 Å². The monoisotopic (exact) mass is 261 g/mol. The lowest BCUT2D eigenvalue weighted by Gasteiger charge is -2.04. The van der Waals surface area contributed by atoms with Crippen LogP contribution in [0.1, 0.15) is 16.2 Å². The summed E-state index contributed by atoms with van der Waals surface area (Å²) >= 11 is 0. The minimum Gasteiger partial charge on any atom is -0.351 e. The number of hydrogen-bond acceptors (Lipinski definition) is 5. The molecule has 8 heteroatoms. The van der Waals surface area contributed by atoms with E-state index < -0.39 is 10.8 Å². The Morgan fingerprint density at radius 1 is 1.42 bits per heavy atom. The number of rotatable bonds is 5. The number of amides is 1. The van der Waals surface area contributed by atoms with Gasteiger partial charge in [-0.2, -0.15) is 5.10 Å². The van der Waals surface area contributed by atoms with Crippen LogP contribution in [0, 0.1) is 10.1 Å². The number of nitro benzene ring substituents is 1. The van der Waals surface area contributed by atoms with Crippen LogP contribution in [0.5, 0.6) is 0 Å². The predicted molar refractivity (Wildman–Crippen MR) is 65.5 cm³/mol. The third-order valence-corrected chi connectivity index (χ3v) is 2.46. The Morgan fingerprint density at radius 2 is 2.21 bits per heavy atom. The molecule has 0 unspecified atom stereocenters. The molecule has 19 heavy (non-hydrogen) atoms. The summed E-state index contributed by atoms with van der Waals surface area (Å²) in [4.78, 5) is 26.0. The molecule has 8 nitrogen and oxygen atoms in total. The first-order valence-electron chi connectivity index (χ1n) is 5.54. The molecule has 0 bridgehead atoms. The molecule has 1 aromatic heterocycles. The lowest BCUT2D eigenvalue weighted by Crippen LogP contribution is -2.26. The molecule has 1 heterocycles. The maximum absolute atomic E-state index is 11.8. The van der Waals surface area contributed by atoms with Crippen LogP contribution in [0.2, 0.25) is 0 Å². The lowest BCUT2D eigenvalue weighted by molar-refractivity contribution is -0.385. The van der Waals surface area contributed by atoms with Crippen molar-refractivity contribution in [2.75, 3.05) is 6.54 Å². The average Bonchev–Trinajstić information content (AvgIpc) is 2.91. The molecule has 0 aliphatic rings. The Bertz CT molecular complexity index is 582. The molecule has 0 aliphatic heterocycles. The van der Waals surface area contributed by atoms with E-state index in [1.807, 2.05) is 0 Å². The number of aromatic nitrogens is 3. The second-order valence-corrected chi connectivity index (χ2v) is 3.71. The Labute approximate surface area is 108 Å². The number of nitrogens with one attached hydrogen (secondary N) is 2. The van der Waals surface area contributed by atoms with Crippen LogP contribution in [0.15, 0.2) is 30.6 Å². The van der Waals surface area contributed by atoms with Crippen molar-refractivity contribution in [1.82, 2.24) is 20.5 Å². The van der Waals surface area contributed by atoms with Crippen LogP contribution in [0.25, 0.3) is 0 Å². The molecular formula is C11H11N5O3. The minimum absolute atomic E-state index is 0.0464. The number of nitro groups is 1. The summed E-state index contributed by atoms with van der Waals surface area (Å²) < 4.78 is 0. The lowest BCUT2D eigenvalue weighted by atomic mass is 10.1. The van der Waals surface area contributed by atoms with Gasteiger partial charge in [-0.3, -0.25) is 20.0 Å². The van der Waals surface area contributed by atoms with Crippen molar-refractivity contribution in [1.29, 1.82) is 0 Å². The highest BCUT2D eigenvalue weighted by Crippen LogP contribution is 2.17. The normalized spacial score (nSPS) is 10.1. The average molecular weight is 261 g/mol. The summed E-state index contributed by atoms with van der Waals surface area (Å²) in [5.41, 5.74) is -0.162. The van der Waals surface area contributed by atoms with Crippen LogP contribution in [-0.2, 0) is 6.42 Å². The zero-order valence-corrected chi connectivity index (χ0v) is 9.87. The van der Waals surface area contributed by atoms with Crippen LogP contribution in [0.4, 0.5) is 5.69 Å². The van der Waals surface area contributed by atoms with E-state index >= 15 is 0 Å². The largest absolute Gasteiger partial charge is 0.351 e. The number of carbonyl (C=O) groups is 1. The Morgan fingerprint density at radius 3 is 2.89 bits per heavy atom. The second-order valence-electron chi connectivity index (χ2n) is 3.71. The van der Waals surface area contributed by atoms with Gasteiger partial charge in [-0.25, -0.2) is 4.98 Å². The number of nitrogens with zero attached hydrogens (tertiary/aromatic N) is 3. The van der Waals surface area contributed by atoms with Crippen LogP contribution in [0.3, 0.4) is 0 Å². The van der Waals surface area contributed by atoms with Crippen molar-refractivity contribution in [3.8, 4) is 0 Å². The third kappa shape index (κ3) is 3.12. The van der Waals surface area contributed by atoms with Crippen molar-refractivity contribution in [2.45, 2.75) is 6.42 Å². The first-order valence-corrected chi connectivity index (χ1v) is 5.54. The van der Waals surface area contributed by atoms with Gasteiger partial charge in [0.05, 0.1) is 4.92 Å². The number of hydrogen-bond donors (Lipinski definition) is 2. The molecule has 0 fully saturated rings. The van der Waals surface area contributed by atoms with E-state index in [1.165, 1.54) is 24.5 Å². The fraction of sp³-hybridized carbons (Fsp3) is 0.182. The van der Waals surface area contributed by atoms with Crippen LogP contribution >= 0.6 is 0 Å². The van der Waals surface area contributed by atoms with Gasteiger partial charge in [-0.05, 0) is 6.07 Å². The number of benzene rings is 1. The van der Waals surface area contributed by atoms with Crippen molar-refractivity contribution >= 4 is 11.6 Å². The van der Waals surface area contributed by atoms with Gasteiger partial charge in [-0.1, -0.05) is 12.1 Å². The molecule has 0 saturated carbocycles. The summed E-state index contributed by atoms with van der Waals surface area (Å²) in [6.07, 6.45) is 1.85. The van der Waals surface area contributed by atoms with E-state index in [4.69, 9.17) is 0 Å². The Hall–Kier alpha value is -2.77. The molecular weight excluding hydrogens is 250 g/mol. The molecule has 1 amide bonds. The standard InChI is InChI=1S/C11H11N5O3/c17-11(12-6-5-10-13-7-14-15-10)8-3-1-2-4-9(8)16(18)19/h1-4,7H,5-6H2,(H,12,17)(H,13,14,15). The second kappa shape index (κ2) is 5.71. The minimum atomic E-state index is -0.578. The quantitative estimate of drug-likeness (QED) is 0.607. The van der Waals surface area contributed by atoms with Gasteiger partial charge in [0.2, 0.25) is 0 Å². The van der Waals surface area contributed by atoms with Gasteiger partial charge < -0.3 is 5.32 Å². The smallest absolute Gasteiger partial charge is 0.282 e. The molecule has 0 atom stereocenters. The van der Waals surface area contributed by atoms with Gasteiger partial charge >= 0.3 is 0 Å². The van der Waals surface area contributed by atoms with E-state index in [-0.39, 0.29) is 11.3 Å². The molecule has 0 spiro atoms. The topological polar surface area (TPSA) is 114 Å². The first-order chi connectivity index (χ1) is 9.18. The van der Waals surface area contributed by atoms with E-state index in [9.17, 15) is 14.9 Å². The molecule has 0 aliphatic carbocycles. The number of aromatic amines is 1. The number of para-hydroxylation sites is 1. The number of carbonyl (C=O) groups excluding carboxylic acids is 1. The zero-order valence-electron chi connectivity index (χ0n) is 9.87. The first kappa shape index (κ1) is 12.7. The molecule has 98 valence electrons. The Kier molecular flexibility index (Phi) is 3.81. The van der Waals surface area contributed by atoms with E-state index in [0.29, 0.717) is 18.8 Å². The van der Waals surface area contributed by atoms with E-state index in [0.717, 1.165) is 0 Å². The third-order valence-electron chi connectivity index (χ3n) is 2.46. The van der Waals surface area contributed by atoms with Gasteiger partial charge in [0.1, 0.15) is 17.7 Å². The molecule has 2 aromatic rings. The highest BCUT2D eigenvalue weighted by molar-refractivity contribution is 5.98. The fourth-order valence-electron chi connectivity index (χ4n) is 1.57. The summed E-state index contributed by atoms with van der Waals surface area (Å²) in [7, 11) is 0. The maximum atomic E-state index is 11.8. The molecule has 0 saturated heterocycles. The predicted octanol–water partition coefficient (Wildman–Crippen LogP) is 0.685. The van der Waals surface area contributed by atoms with Gasteiger partial charge in [-0.15, -0.1) is 0 Å². The molecule has 0 radical (unpaired) electrons. The molecule has 2 N–H and O–H groups in total. The van der Waals surface area contributed by atoms with Crippen molar-refractivity contribution in [2.24, 2.45) is 0 Å². The summed E-state index contributed by atoms with van der Waals surface area (Å²) in [6, 6.07) is 5.81. The fourth-order valence-corrected chi connectivity index (χ4v) is 1.57. The summed E-state index contributed by atoms with van der Waals surface area (Å²) in [5.74, 6) is 0.162. The molecule has 2 rings (SSSR count). The van der Waals surface area contributed by atoms with Gasteiger partial charge in [0.25, 0.3) is 11.6 Å². The van der Waals surface area contributed by atoms with Gasteiger partial charge in [0.15, 0.2) is 0 Å². The summed E-state index contributed by atoms with van der Waals surface area (Å²) in [6.45, 7) is 0.320. The molecule has 1 aromatic carbocycles. The van der Waals surface area contributed by atoms with Crippen molar-refractivity contribution < 1.29 is 9.72 Å². The maximum Gasteiger partial charge on any atom is 0.282 e. The number of H-pyrrole nitrogens is 1. The van der Waals surface area contributed by atoms with Crippen molar-refractivity contribution in [3.05, 3.63) is 52.1 Å². The van der Waals surface area contributed by atoms with Crippen LogP contribution in [-0.4, -0.2) is 32.6 Å². The van der Waals surface area contributed by atoms with Gasteiger partial charge in [0, 0.05) is 19.0 Å². The zero-order chi connectivity index (χ0) is 13.7. The Balaban J connectivity index is 1.98. The SMILES string of the molecule is O=C(NCCc1ncn[nH]1)c1ccccc1[N+](=O)[O-]. The van der Waals surface area contributed by atoms with Crippen LogP contribution < -0.4 is 5.32 Å². The highest BCUT2D eigenvalue weighted by atomic mass is 16.6.